The van der Waals surface area contributed by atoms with Crippen molar-refractivity contribution in [2.45, 2.75) is 33.2 Å². The standard InChI is InChI=1S/C19H26N6S/c1-14-23-17-7-4-5-8-18(17)25(14)12-6-10-21-19(20-3)22-11-9-16-13-26-15(2)24-16/h4-5,7-8,13H,6,9-12H2,1-3H3,(H2,20,21,22). The second kappa shape index (κ2) is 8.80. The molecule has 0 radical (unpaired) electrons. The van der Waals surface area contributed by atoms with Crippen LogP contribution in [0.5, 0.6) is 0 Å². The van der Waals surface area contributed by atoms with Gasteiger partial charge in [0.2, 0.25) is 0 Å². The van der Waals surface area contributed by atoms with Crippen molar-refractivity contribution in [1.29, 1.82) is 0 Å². The van der Waals surface area contributed by atoms with Gasteiger partial charge in [0.1, 0.15) is 5.82 Å². The van der Waals surface area contributed by atoms with Crippen molar-refractivity contribution in [2.24, 2.45) is 4.99 Å². The molecule has 0 aliphatic carbocycles. The van der Waals surface area contributed by atoms with Gasteiger partial charge in [0.05, 0.1) is 21.7 Å². The first kappa shape index (κ1) is 18.4. The van der Waals surface area contributed by atoms with Crippen molar-refractivity contribution in [3.63, 3.8) is 0 Å². The predicted molar refractivity (Wildman–Crippen MR) is 109 cm³/mol. The van der Waals surface area contributed by atoms with Gasteiger partial charge in [-0.15, -0.1) is 11.3 Å². The number of aromatic nitrogens is 3. The Morgan fingerprint density at radius 1 is 1.15 bits per heavy atom. The van der Waals surface area contributed by atoms with Crippen molar-refractivity contribution < 1.29 is 0 Å². The summed E-state index contributed by atoms with van der Waals surface area (Å²) < 4.78 is 2.28. The summed E-state index contributed by atoms with van der Waals surface area (Å²) in [5, 5.41) is 9.96. The number of nitrogens with zero attached hydrogens (tertiary/aromatic N) is 4. The summed E-state index contributed by atoms with van der Waals surface area (Å²) in [6, 6.07) is 8.28. The van der Waals surface area contributed by atoms with E-state index in [9.17, 15) is 0 Å². The molecule has 2 N–H and O–H groups in total. The minimum Gasteiger partial charge on any atom is -0.356 e. The Labute approximate surface area is 158 Å². The van der Waals surface area contributed by atoms with Crippen LogP contribution in [0, 0.1) is 13.8 Å². The number of thiazole rings is 1. The highest BCUT2D eigenvalue weighted by atomic mass is 32.1. The zero-order valence-corrected chi connectivity index (χ0v) is 16.4. The third-order valence-electron chi connectivity index (χ3n) is 4.26. The Kier molecular flexibility index (Phi) is 6.22. The highest BCUT2D eigenvalue weighted by molar-refractivity contribution is 7.09. The van der Waals surface area contributed by atoms with E-state index in [1.54, 1.807) is 18.4 Å². The molecule has 0 unspecified atom stereocenters. The van der Waals surface area contributed by atoms with Gasteiger partial charge < -0.3 is 15.2 Å². The van der Waals surface area contributed by atoms with Crippen LogP contribution in [-0.4, -0.2) is 40.6 Å². The predicted octanol–water partition coefficient (Wildman–Crippen LogP) is 2.91. The molecule has 0 saturated heterocycles. The van der Waals surface area contributed by atoms with E-state index in [2.05, 4.69) is 60.7 Å². The van der Waals surface area contributed by atoms with E-state index in [-0.39, 0.29) is 0 Å². The summed E-state index contributed by atoms with van der Waals surface area (Å²) in [6.07, 6.45) is 1.92. The quantitative estimate of drug-likeness (QED) is 0.381. The SMILES string of the molecule is CN=C(NCCCn1c(C)nc2ccccc21)NCCc1csc(C)n1. The van der Waals surface area contributed by atoms with Crippen molar-refractivity contribution in [1.82, 2.24) is 25.2 Å². The van der Waals surface area contributed by atoms with Gasteiger partial charge in [0.15, 0.2) is 5.96 Å². The van der Waals surface area contributed by atoms with E-state index in [1.807, 2.05) is 13.0 Å². The first-order chi connectivity index (χ1) is 12.7. The molecule has 6 nitrogen and oxygen atoms in total. The molecule has 0 spiro atoms. The number of benzene rings is 1. The van der Waals surface area contributed by atoms with Crippen LogP contribution < -0.4 is 10.6 Å². The Balaban J connectivity index is 1.42. The van der Waals surface area contributed by atoms with Crippen molar-refractivity contribution in [3.05, 3.63) is 46.2 Å². The van der Waals surface area contributed by atoms with E-state index >= 15 is 0 Å². The number of rotatable bonds is 7. The number of imidazole rings is 1. The molecule has 0 atom stereocenters. The van der Waals surface area contributed by atoms with Crippen LogP contribution in [0.1, 0.15) is 22.9 Å². The molecule has 7 heteroatoms. The topological polar surface area (TPSA) is 67.1 Å². The van der Waals surface area contributed by atoms with Crippen LogP contribution in [0.3, 0.4) is 0 Å². The van der Waals surface area contributed by atoms with Crippen LogP contribution >= 0.6 is 11.3 Å². The van der Waals surface area contributed by atoms with E-state index in [0.717, 1.165) is 60.5 Å². The van der Waals surface area contributed by atoms with Gasteiger partial charge in [-0.2, -0.15) is 0 Å². The molecule has 0 saturated carbocycles. The molecular weight excluding hydrogens is 344 g/mol. The molecule has 26 heavy (non-hydrogen) atoms. The molecule has 0 aliphatic heterocycles. The molecule has 0 bridgehead atoms. The van der Waals surface area contributed by atoms with E-state index in [0.29, 0.717) is 0 Å². The molecule has 2 heterocycles. The average molecular weight is 371 g/mol. The van der Waals surface area contributed by atoms with Crippen LogP contribution in [0.4, 0.5) is 0 Å². The lowest BCUT2D eigenvalue weighted by Crippen LogP contribution is -2.39. The van der Waals surface area contributed by atoms with Gasteiger partial charge in [-0.1, -0.05) is 12.1 Å². The summed E-state index contributed by atoms with van der Waals surface area (Å²) >= 11 is 1.69. The zero-order chi connectivity index (χ0) is 18.4. The Hall–Kier alpha value is -2.41. The number of hydrogen-bond donors (Lipinski definition) is 2. The molecule has 0 fully saturated rings. The highest BCUT2D eigenvalue weighted by Crippen LogP contribution is 2.15. The van der Waals surface area contributed by atoms with Crippen molar-refractivity contribution in [2.75, 3.05) is 20.1 Å². The van der Waals surface area contributed by atoms with Crippen LogP contribution in [-0.2, 0) is 13.0 Å². The van der Waals surface area contributed by atoms with Gasteiger partial charge in [-0.05, 0) is 32.4 Å². The molecule has 2 aromatic heterocycles. The Morgan fingerprint density at radius 2 is 1.96 bits per heavy atom. The lowest BCUT2D eigenvalue weighted by Gasteiger charge is -2.12. The lowest BCUT2D eigenvalue weighted by molar-refractivity contribution is 0.624. The van der Waals surface area contributed by atoms with Gasteiger partial charge in [0.25, 0.3) is 0 Å². The van der Waals surface area contributed by atoms with Gasteiger partial charge >= 0.3 is 0 Å². The summed E-state index contributed by atoms with van der Waals surface area (Å²) in [4.78, 5) is 13.4. The minimum atomic E-state index is 0.827. The van der Waals surface area contributed by atoms with Crippen molar-refractivity contribution >= 4 is 28.3 Å². The van der Waals surface area contributed by atoms with E-state index < -0.39 is 0 Å². The third kappa shape index (κ3) is 4.60. The number of para-hydroxylation sites is 2. The fourth-order valence-corrected chi connectivity index (χ4v) is 3.62. The number of aliphatic imine (C=N–C) groups is 1. The average Bonchev–Trinajstić information content (AvgIpc) is 3.19. The van der Waals surface area contributed by atoms with Crippen LogP contribution in [0.25, 0.3) is 11.0 Å². The molecule has 3 aromatic rings. The number of guanidine groups is 1. The summed E-state index contributed by atoms with van der Waals surface area (Å²) in [6.45, 7) is 6.73. The molecule has 0 amide bonds. The Bertz CT molecular complexity index is 879. The second-order valence-electron chi connectivity index (χ2n) is 6.19. The molecule has 0 aliphatic rings. The maximum absolute atomic E-state index is 4.62. The maximum atomic E-state index is 4.62. The van der Waals surface area contributed by atoms with E-state index in [1.165, 1.54) is 5.52 Å². The molecule has 1 aromatic carbocycles. The normalized spacial score (nSPS) is 11.9. The monoisotopic (exact) mass is 370 g/mol. The fourth-order valence-electron chi connectivity index (χ4n) is 2.97. The third-order valence-corrected chi connectivity index (χ3v) is 5.08. The zero-order valence-electron chi connectivity index (χ0n) is 15.6. The first-order valence-electron chi connectivity index (χ1n) is 8.95. The van der Waals surface area contributed by atoms with Gasteiger partial charge in [0, 0.05) is 38.5 Å². The first-order valence-corrected chi connectivity index (χ1v) is 9.82. The molecule has 138 valence electrons. The summed E-state index contributed by atoms with van der Waals surface area (Å²) in [5.74, 6) is 1.90. The van der Waals surface area contributed by atoms with Crippen molar-refractivity contribution in [3.8, 4) is 0 Å². The lowest BCUT2D eigenvalue weighted by atomic mass is 10.3. The Morgan fingerprint density at radius 3 is 2.73 bits per heavy atom. The van der Waals surface area contributed by atoms with Gasteiger partial charge in [-0.3, -0.25) is 4.99 Å². The summed E-state index contributed by atoms with van der Waals surface area (Å²) in [5.41, 5.74) is 3.40. The molecule has 3 rings (SSSR count). The van der Waals surface area contributed by atoms with Crippen LogP contribution in [0.15, 0.2) is 34.6 Å². The number of nitrogens with one attached hydrogen (secondary N) is 2. The van der Waals surface area contributed by atoms with Gasteiger partial charge in [-0.25, -0.2) is 9.97 Å². The minimum absolute atomic E-state index is 0.827. The maximum Gasteiger partial charge on any atom is 0.190 e. The number of aryl methyl sites for hydroxylation is 3. The smallest absolute Gasteiger partial charge is 0.190 e. The van der Waals surface area contributed by atoms with Crippen LogP contribution in [0.2, 0.25) is 0 Å². The van der Waals surface area contributed by atoms with E-state index in [4.69, 9.17) is 0 Å². The number of hydrogen-bond acceptors (Lipinski definition) is 4. The largest absolute Gasteiger partial charge is 0.356 e. The highest BCUT2D eigenvalue weighted by Gasteiger charge is 2.06. The summed E-state index contributed by atoms with van der Waals surface area (Å²) in [7, 11) is 1.80. The fraction of sp³-hybridized carbons (Fsp3) is 0.421. The molecular formula is C19H26N6S. The number of fused-ring (bicyclic) bond motifs is 1. The second-order valence-corrected chi connectivity index (χ2v) is 7.25.